The van der Waals surface area contributed by atoms with E-state index in [0.29, 0.717) is 12.1 Å². The number of ether oxygens (including phenoxy) is 1. The first kappa shape index (κ1) is 21.4. The fraction of sp³-hybridized carbons (Fsp3) is 0.286. The lowest BCUT2D eigenvalue weighted by atomic mass is 10.1. The first-order valence-corrected chi connectivity index (χ1v) is 9.80. The normalized spacial score (nSPS) is 11.2. The van der Waals surface area contributed by atoms with Crippen LogP contribution in [0.3, 0.4) is 0 Å². The second kappa shape index (κ2) is 10.4. The van der Waals surface area contributed by atoms with E-state index in [1.807, 2.05) is 62.5 Å². The molecular formula is C21H24N2O4S. The fourth-order valence-electron chi connectivity index (χ4n) is 2.30. The number of rotatable bonds is 7. The molecule has 0 bridgehead atoms. The van der Waals surface area contributed by atoms with E-state index in [-0.39, 0.29) is 5.92 Å². The Labute approximate surface area is 168 Å². The zero-order valence-corrected chi connectivity index (χ0v) is 17.0. The molecule has 0 atom stereocenters. The Balaban J connectivity index is 2.02. The van der Waals surface area contributed by atoms with Crippen molar-refractivity contribution in [2.45, 2.75) is 20.8 Å². The SMILES string of the molecule is Cc1cccc(/C=C(/C(=O)OCC(=O)NC(=O)NCC(C)C)c2cccs2)c1. The predicted molar refractivity (Wildman–Crippen MR) is 111 cm³/mol. The largest absolute Gasteiger partial charge is 0.452 e. The molecule has 1 heterocycles. The van der Waals surface area contributed by atoms with E-state index in [0.717, 1.165) is 16.0 Å². The number of carbonyl (C=O) groups is 3. The summed E-state index contributed by atoms with van der Waals surface area (Å²) in [4.78, 5) is 36.8. The molecule has 7 heteroatoms. The average Bonchev–Trinajstić information content (AvgIpc) is 3.17. The minimum Gasteiger partial charge on any atom is -0.452 e. The van der Waals surface area contributed by atoms with Gasteiger partial charge in [0.25, 0.3) is 5.91 Å². The van der Waals surface area contributed by atoms with Crippen LogP contribution in [-0.2, 0) is 14.3 Å². The molecule has 0 aliphatic rings. The summed E-state index contributed by atoms with van der Waals surface area (Å²) >= 11 is 1.40. The fourth-order valence-corrected chi connectivity index (χ4v) is 3.03. The van der Waals surface area contributed by atoms with E-state index >= 15 is 0 Å². The Kier molecular flexibility index (Phi) is 7.95. The van der Waals surface area contributed by atoms with Crippen molar-refractivity contribution in [3.63, 3.8) is 0 Å². The van der Waals surface area contributed by atoms with Gasteiger partial charge < -0.3 is 10.1 Å². The van der Waals surface area contributed by atoms with Crippen molar-refractivity contribution < 1.29 is 19.1 Å². The van der Waals surface area contributed by atoms with Crippen LogP contribution in [0.15, 0.2) is 41.8 Å². The lowest BCUT2D eigenvalue weighted by Crippen LogP contribution is -2.42. The highest BCUT2D eigenvalue weighted by atomic mass is 32.1. The van der Waals surface area contributed by atoms with Crippen LogP contribution >= 0.6 is 11.3 Å². The van der Waals surface area contributed by atoms with E-state index in [1.54, 1.807) is 6.08 Å². The maximum Gasteiger partial charge on any atom is 0.340 e. The number of thiophene rings is 1. The summed E-state index contributed by atoms with van der Waals surface area (Å²) in [6.45, 7) is 5.76. The molecular weight excluding hydrogens is 376 g/mol. The Morgan fingerprint density at radius 3 is 2.61 bits per heavy atom. The van der Waals surface area contributed by atoms with Crippen LogP contribution in [0.2, 0.25) is 0 Å². The van der Waals surface area contributed by atoms with Crippen LogP contribution in [0, 0.1) is 12.8 Å². The molecule has 28 heavy (non-hydrogen) atoms. The average molecular weight is 401 g/mol. The molecule has 0 saturated carbocycles. The molecule has 2 N–H and O–H groups in total. The summed E-state index contributed by atoms with van der Waals surface area (Å²) in [5.41, 5.74) is 2.29. The number of benzene rings is 1. The summed E-state index contributed by atoms with van der Waals surface area (Å²) in [7, 11) is 0. The molecule has 2 rings (SSSR count). The highest BCUT2D eigenvalue weighted by Crippen LogP contribution is 2.24. The van der Waals surface area contributed by atoms with Gasteiger partial charge in [-0.05, 0) is 35.9 Å². The van der Waals surface area contributed by atoms with Gasteiger partial charge in [-0.1, -0.05) is 49.7 Å². The minimum absolute atomic E-state index is 0.263. The predicted octanol–water partition coefficient (Wildman–Crippen LogP) is 3.62. The van der Waals surface area contributed by atoms with Gasteiger partial charge in [-0.3, -0.25) is 10.1 Å². The lowest BCUT2D eigenvalue weighted by molar-refractivity contribution is -0.142. The lowest BCUT2D eigenvalue weighted by Gasteiger charge is -2.10. The molecule has 1 aromatic carbocycles. The van der Waals surface area contributed by atoms with Crippen LogP contribution in [-0.4, -0.2) is 31.1 Å². The Hall–Kier alpha value is -2.93. The van der Waals surface area contributed by atoms with E-state index < -0.39 is 24.5 Å². The Bertz CT molecular complexity index is 857. The van der Waals surface area contributed by atoms with Gasteiger partial charge >= 0.3 is 12.0 Å². The highest BCUT2D eigenvalue weighted by Gasteiger charge is 2.17. The standard InChI is InChI=1S/C21H24N2O4S/c1-14(2)12-22-21(26)23-19(24)13-27-20(25)17(18-8-5-9-28-18)11-16-7-4-6-15(3)10-16/h4-11,14H,12-13H2,1-3H3,(H2,22,23,24,26)/b17-11+. The Morgan fingerprint density at radius 2 is 1.96 bits per heavy atom. The van der Waals surface area contributed by atoms with Crippen LogP contribution < -0.4 is 10.6 Å². The van der Waals surface area contributed by atoms with Crippen molar-refractivity contribution in [3.05, 3.63) is 57.8 Å². The first-order valence-electron chi connectivity index (χ1n) is 8.92. The van der Waals surface area contributed by atoms with Gasteiger partial charge in [0.2, 0.25) is 0 Å². The quantitative estimate of drug-likeness (QED) is 0.549. The molecule has 0 aliphatic carbocycles. The monoisotopic (exact) mass is 400 g/mol. The van der Waals surface area contributed by atoms with Gasteiger partial charge in [-0.2, -0.15) is 0 Å². The van der Waals surface area contributed by atoms with Gasteiger partial charge in [-0.15, -0.1) is 11.3 Å². The third-order valence-corrected chi connectivity index (χ3v) is 4.52. The number of aryl methyl sites for hydroxylation is 1. The van der Waals surface area contributed by atoms with Crippen molar-refractivity contribution in [3.8, 4) is 0 Å². The number of amides is 3. The molecule has 0 unspecified atom stereocenters. The minimum atomic E-state index is -0.685. The van der Waals surface area contributed by atoms with Gasteiger partial charge in [0.15, 0.2) is 6.61 Å². The van der Waals surface area contributed by atoms with Gasteiger partial charge in [-0.25, -0.2) is 9.59 Å². The summed E-state index contributed by atoms with van der Waals surface area (Å²) in [6.07, 6.45) is 1.73. The van der Waals surface area contributed by atoms with Crippen molar-refractivity contribution in [1.82, 2.24) is 10.6 Å². The number of esters is 1. The van der Waals surface area contributed by atoms with Crippen LogP contribution in [0.5, 0.6) is 0 Å². The second-order valence-electron chi connectivity index (χ2n) is 6.68. The maximum absolute atomic E-state index is 12.6. The Morgan fingerprint density at radius 1 is 1.18 bits per heavy atom. The van der Waals surface area contributed by atoms with E-state index in [1.165, 1.54) is 11.3 Å². The second-order valence-corrected chi connectivity index (χ2v) is 7.63. The molecule has 0 radical (unpaired) electrons. The molecule has 6 nitrogen and oxygen atoms in total. The van der Waals surface area contributed by atoms with Crippen molar-refractivity contribution >= 4 is 40.9 Å². The van der Waals surface area contributed by atoms with Crippen LogP contribution in [0.1, 0.15) is 29.9 Å². The highest BCUT2D eigenvalue weighted by molar-refractivity contribution is 7.11. The van der Waals surface area contributed by atoms with Crippen molar-refractivity contribution in [2.75, 3.05) is 13.2 Å². The van der Waals surface area contributed by atoms with Crippen LogP contribution in [0.25, 0.3) is 11.6 Å². The number of hydrogen-bond acceptors (Lipinski definition) is 5. The van der Waals surface area contributed by atoms with Crippen LogP contribution in [0.4, 0.5) is 4.79 Å². The third kappa shape index (κ3) is 7.00. The molecule has 3 amide bonds. The zero-order valence-electron chi connectivity index (χ0n) is 16.2. The number of nitrogens with one attached hydrogen (secondary N) is 2. The molecule has 0 saturated heterocycles. The van der Waals surface area contributed by atoms with E-state index in [4.69, 9.17) is 4.74 Å². The molecule has 1 aromatic heterocycles. The number of urea groups is 1. The summed E-state index contributed by atoms with van der Waals surface area (Å²) < 4.78 is 5.13. The van der Waals surface area contributed by atoms with Gasteiger partial charge in [0.05, 0.1) is 5.57 Å². The molecule has 148 valence electrons. The third-order valence-electron chi connectivity index (χ3n) is 3.62. The van der Waals surface area contributed by atoms with E-state index in [2.05, 4.69) is 10.6 Å². The molecule has 2 aromatic rings. The summed E-state index contributed by atoms with van der Waals surface area (Å²) in [6, 6.07) is 10.8. The zero-order chi connectivity index (χ0) is 20.5. The van der Waals surface area contributed by atoms with E-state index in [9.17, 15) is 14.4 Å². The maximum atomic E-state index is 12.6. The van der Waals surface area contributed by atoms with Gasteiger partial charge in [0, 0.05) is 11.4 Å². The summed E-state index contributed by atoms with van der Waals surface area (Å²) in [5.74, 6) is -1.05. The van der Waals surface area contributed by atoms with Crippen molar-refractivity contribution in [2.24, 2.45) is 5.92 Å². The molecule has 0 spiro atoms. The number of carbonyl (C=O) groups excluding carboxylic acids is 3. The molecule has 0 aliphatic heterocycles. The van der Waals surface area contributed by atoms with Gasteiger partial charge in [0.1, 0.15) is 0 Å². The summed E-state index contributed by atoms with van der Waals surface area (Å²) in [5, 5.41) is 6.56. The van der Waals surface area contributed by atoms with Crippen molar-refractivity contribution in [1.29, 1.82) is 0 Å². The number of imide groups is 1. The topological polar surface area (TPSA) is 84.5 Å². The smallest absolute Gasteiger partial charge is 0.340 e. The number of hydrogen-bond donors (Lipinski definition) is 2. The molecule has 0 fully saturated rings. The first-order chi connectivity index (χ1) is 13.3.